The van der Waals surface area contributed by atoms with Gasteiger partial charge in [-0.15, -0.1) is 36.2 Å². The van der Waals surface area contributed by atoms with Gasteiger partial charge in [0.2, 0.25) is 0 Å². The molecule has 0 aromatic carbocycles. The van der Waals surface area contributed by atoms with E-state index in [1.807, 2.05) is 14.0 Å². The van der Waals surface area contributed by atoms with Gasteiger partial charge in [0.1, 0.15) is 0 Å². The van der Waals surface area contributed by atoms with E-state index in [4.69, 9.17) is 0 Å². The van der Waals surface area contributed by atoms with Gasteiger partial charge in [0.25, 0.3) is 0 Å². The highest BCUT2D eigenvalue weighted by Crippen LogP contribution is 2.21. The highest BCUT2D eigenvalue weighted by Gasteiger charge is 2.09. The maximum atomic E-state index is 4.44. The molecule has 0 aliphatic carbocycles. The predicted octanol–water partition coefficient (Wildman–Crippen LogP) is 2.88. The van der Waals surface area contributed by atoms with Crippen LogP contribution in [0.2, 0.25) is 0 Å². The summed E-state index contributed by atoms with van der Waals surface area (Å²) in [6, 6.07) is 0.375. The van der Waals surface area contributed by atoms with Crippen molar-refractivity contribution in [2.24, 2.45) is 0 Å². The minimum Gasteiger partial charge on any atom is -0.312 e. The topological polar surface area (TPSA) is 24.9 Å². The Bertz CT molecular complexity index is 250. The van der Waals surface area contributed by atoms with Gasteiger partial charge in [0.05, 0.1) is 10.7 Å². The molecule has 1 unspecified atom stereocenters. The van der Waals surface area contributed by atoms with E-state index in [1.54, 1.807) is 11.3 Å². The molecule has 0 saturated heterocycles. The van der Waals surface area contributed by atoms with Crippen LogP contribution in [0.3, 0.4) is 0 Å². The number of aromatic nitrogens is 1. The predicted molar refractivity (Wildman–Crippen MR) is 63.6 cm³/mol. The van der Waals surface area contributed by atoms with Crippen molar-refractivity contribution in [1.82, 2.24) is 10.3 Å². The zero-order valence-corrected chi connectivity index (χ0v) is 10.7. The summed E-state index contributed by atoms with van der Waals surface area (Å²) < 4.78 is 0. The fourth-order valence-electron chi connectivity index (χ4n) is 1.08. The highest BCUT2D eigenvalue weighted by atomic mass is 35.5. The third kappa shape index (κ3) is 3.81. The van der Waals surface area contributed by atoms with Crippen LogP contribution in [0.15, 0.2) is 0 Å². The molecule has 0 saturated carbocycles. The Morgan fingerprint density at radius 1 is 1.31 bits per heavy atom. The largest absolute Gasteiger partial charge is 0.312 e. The molecule has 1 N–H and O–H groups in total. The van der Waals surface area contributed by atoms with Crippen LogP contribution >= 0.6 is 36.2 Å². The fraction of sp³-hybridized carbons (Fsp3) is 0.625. The number of rotatable bonds is 2. The summed E-state index contributed by atoms with van der Waals surface area (Å²) in [6.07, 6.45) is 0. The molecule has 5 heteroatoms. The monoisotopic (exact) mass is 242 g/mol. The van der Waals surface area contributed by atoms with Crippen molar-refractivity contribution >= 4 is 36.2 Å². The van der Waals surface area contributed by atoms with Crippen molar-refractivity contribution in [3.63, 3.8) is 0 Å². The number of thiazole rings is 1. The molecular formula is C8H16Cl2N2S. The van der Waals surface area contributed by atoms with Crippen molar-refractivity contribution in [3.8, 4) is 0 Å². The molecule has 2 nitrogen and oxygen atoms in total. The van der Waals surface area contributed by atoms with Gasteiger partial charge in [-0.1, -0.05) is 0 Å². The zero-order valence-electron chi connectivity index (χ0n) is 8.25. The van der Waals surface area contributed by atoms with Gasteiger partial charge >= 0.3 is 0 Å². The molecule has 1 heterocycles. The summed E-state index contributed by atoms with van der Waals surface area (Å²) >= 11 is 1.76. The van der Waals surface area contributed by atoms with Crippen LogP contribution in [-0.2, 0) is 0 Å². The minimum absolute atomic E-state index is 0. The lowest BCUT2D eigenvalue weighted by atomic mass is 10.2. The molecule has 1 aromatic rings. The summed E-state index contributed by atoms with van der Waals surface area (Å²) in [6.45, 7) is 6.29. The fourth-order valence-corrected chi connectivity index (χ4v) is 2.00. The maximum absolute atomic E-state index is 4.44. The van der Waals surface area contributed by atoms with E-state index in [-0.39, 0.29) is 24.8 Å². The number of nitrogens with zero attached hydrogens (tertiary/aromatic N) is 1. The van der Waals surface area contributed by atoms with Crippen LogP contribution < -0.4 is 5.32 Å². The Balaban J connectivity index is 0. The molecule has 1 aromatic heterocycles. The SMILES string of the molecule is CNC(C)c1nc(C)sc1C.Cl.Cl. The van der Waals surface area contributed by atoms with E-state index in [2.05, 4.69) is 24.1 Å². The van der Waals surface area contributed by atoms with E-state index < -0.39 is 0 Å². The molecule has 1 rings (SSSR count). The molecule has 0 fully saturated rings. The average Bonchev–Trinajstić information content (AvgIpc) is 2.28. The number of nitrogens with one attached hydrogen (secondary N) is 1. The van der Waals surface area contributed by atoms with Crippen LogP contribution in [0, 0.1) is 13.8 Å². The molecule has 0 radical (unpaired) electrons. The Morgan fingerprint density at radius 3 is 2.15 bits per heavy atom. The Hall–Kier alpha value is 0.170. The smallest absolute Gasteiger partial charge is 0.0900 e. The first-order valence-electron chi connectivity index (χ1n) is 3.76. The van der Waals surface area contributed by atoms with Gasteiger partial charge in [0.15, 0.2) is 0 Å². The molecule has 78 valence electrons. The third-order valence-corrected chi connectivity index (χ3v) is 2.68. The Morgan fingerprint density at radius 2 is 1.85 bits per heavy atom. The van der Waals surface area contributed by atoms with E-state index in [9.17, 15) is 0 Å². The molecule has 0 aliphatic heterocycles. The standard InChI is InChI=1S/C8H14N2S.2ClH/c1-5(9-4)8-6(2)11-7(3)10-8;;/h5,9H,1-4H3;2*1H. The van der Waals surface area contributed by atoms with E-state index in [0.717, 1.165) is 5.01 Å². The summed E-state index contributed by atoms with van der Waals surface area (Å²) in [5.74, 6) is 0. The second kappa shape index (κ2) is 6.60. The summed E-state index contributed by atoms with van der Waals surface area (Å²) in [4.78, 5) is 5.76. The van der Waals surface area contributed by atoms with E-state index >= 15 is 0 Å². The van der Waals surface area contributed by atoms with Gasteiger partial charge in [-0.25, -0.2) is 4.98 Å². The van der Waals surface area contributed by atoms with Gasteiger partial charge in [0, 0.05) is 10.9 Å². The molecule has 0 aliphatic rings. The van der Waals surface area contributed by atoms with Crippen molar-refractivity contribution in [2.75, 3.05) is 7.05 Å². The molecule has 13 heavy (non-hydrogen) atoms. The molecule has 1 atom stereocenters. The van der Waals surface area contributed by atoms with Crippen molar-refractivity contribution < 1.29 is 0 Å². The van der Waals surface area contributed by atoms with Crippen LogP contribution in [0.1, 0.15) is 28.5 Å². The summed E-state index contributed by atoms with van der Waals surface area (Å²) in [5.41, 5.74) is 1.19. The van der Waals surface area contributed by atoms with Gasteiger partial charge < -0.3 is 5.32 Å². The Labute approximate surface area is 96.0 Å². The van der Waals surface area contributed by atoms with Crippen molar-refractivity contribution in [1.29, 1.82) is 0 Å². The van der Waals surface area contributed by atoms with Crippen LogP contribution in [-0.4, -0.2) is 12.0 Å². The molecule has 0 amide bonds. The van der Waals surface area contributed by atoms with Crippen LogP contribution in [0.5, 0.6) is 0 Å². The number of hydrogen-bond acceptors (Lipinski definition) is 3. The number of halogens is 2. The van der Waals surface area contributed by atoms with Crippen LogP contribution in [0.25, 0.3) is 0 Å². The zero-order chi connectivity index (χ0) is 8.43. The average molecular weight is 243 g/mol. The first kappa shape index (κ1) is 15.6. The van der Waals surface area contributed by atoms with Gasteiger partial charge in [-0.05, 0) is 27.8 Å². The van der Waals surface area contributed by atoms with Crippen LogP contribution in [0.4, 0.5) is 0 Å². The number of hydrogen-bond donors (Lipinski definition) is 1. The first-order chi connectivity index (χ1) is 5.15. The normalized spacial score (nSPS) is 11.4. The Kier molecular flexibility index (Phi) is 7.93. The summed E-state index contributed by atoms with van der Waals surface area (Å²) in [7, 11) is 1.96. The van der Waals surface area contributed by atoms with Gasteiger partial charge in [-0.3, -0.25) is 0 Å². The van der Waals surface area contributed by atoms with E-state index in [0.29, 0.717) is 6.04 Å². The number of aryl methyl sites for hydroxylation is 2. The quantitative estimate of drug-likeness (QED) is 0.863. The van der Waals surface area contributed by atoms with Crippen molar-refractivity contribution in [2.45, 2.75) is 26.8 Å². The minimum atomic E-state index is 0. The third-order valence-electron chi connectivity index (χ3n) is 1.78. The lowest BCUT2D eigenvalue weighted by Gasteiger charge is -2.06. The van der Waals surface area contributed by atoms with Gasteiger partial charge in [-0.2, -0.15) is 0 Å². The molecular weight excluding hydrogens is 227 g/mol. The summed E-state index contributed by atoms with van der Waals surface area (Å²) in [5, 5.41) is 4.33. The first-order valence-corrected chi connectivity index (χ1v) is 4.58. The highest BCUT2D eigenvalue weighted by molar-refractivity contribution is 7.11. The lowest BCUT2D eigenvalue weighted by Crippen LogP contribution is -2.13. The maximum Gasteiger partial charge on any atom is 0.0900 e. The van der Waals surface area contributed by atoms with E-state index in [1.165, 1.54) is 10.6 Å². The lowest BCUT2D eigenvalue weighted by molar-refractivity contribution is 0.632. The molecule has 0 spiro atoms. The second-order valence-corrected chi connectivity index (χ2v) is 4.09. The second-order valence-electron chi connectivity index (χ2n) is 2.68. The molecule has 0 bridgehead atoms. The van der Waals surface area contributed by atoms with Crippen molar-refractivity contribution in [3.05, 3.63) is 15.6 Å².